The smallest absolute Gasteiger partial charge is 0.335 e. The van der Waals surface area contributed by atoms with Crippen LogP contribution in [0.15, 0.2) is 24.3 Å². The molecule has 1 aromatic carbocycles. The number of aliphatic hydroxyl groups excluding tert-OH is 2. The highest BCUT2D eigenvalue weighted by molar-refractivity contribution is 7.13. The van der Waals surface area contributed by atoms with Crippen LogP contribution in [0.25, 0.3) is 10.1 Å². The summed E-state index contributed by atoms with van der Waals surface area (Å²) >= 11 is 1.60. The third kappa shape index (κ3) is 5.91. The number of piperazine rings is 1. The third-order valence-electron chi connectivity index (χ3n) is 11.5. The van der Waals surface area contributed by atoms with Crippen LogP contribution in [-0.4, -0.2) is 110 Å². The fourth-order valence-corrected chi connectivity index (χ4v) is 9.74. The van der Waals surface area contributed by atoms with Crippen LogP contribution in [-0.2, 0) is 19.2 Å². The number of imide groups is 1. The van der Waals surface area contributed by atoms with Crippen molar-refractivity contribution in [2.45, 2.75) is 64.1 Å². The van der Waals surface area contributed by atoms with Crippen molar-refractivity contribution in [1.29, 1.82) is 0 Å². The largest absolute Gasteiger partial charge is 0.479 e. The van der Waals surface area contributed by atoms with Gasteiger partial charge in [-0.15, -0.1) is 0 Å². The number of carbonyl (C=O) groups excluding carboxylic acids is 2. The number of likely N-dealkylation sites (tertiary alicyclic amines) is 1. The lowest BCUT2D eigenvalue weighted by molar-refractivity contribution is -0.165. The zero-order valence-corrected chi connectivity index (χ0v) is 27.0. The van der Waals surface area contributed by atoms with Crippen molar-refractivity contribution in [2.24, 2.45) is 35.0 Å². The second kappa shape index (κ2) is 13.2. The molecule has 2 aromatic rings. The van der Waals surface area contributed by atoms with E-state index in [0.717, 1.165) is 64.2 Å². The molecule has 5 fully saturated rings. The van der Waals surface area contributed by atoms with E-state index in [1.54, 1.807) is 16.4 Å². The van der Waals surface area contributed by atoms with Crippen molar-refractivity contribution in [3.05, 3.63) is 24.3 Å². The van der Waals surface area contributed by atoms with Crippen molar-refractivity contribution in [1.82, 2.24) is 14.2 Å². The summed E-state index contributed by atoms with van der Waals surface area (Å²) in [5, 5.41) is 33.8. The number of anilines is 1. The van der Waals surface area contributed by atoms with E-state index in [9.17, 15) is 19.2 Å². The minimum atomic E-state index is -2.27. The molecule has 2 saturated heterocycles. The molecule has 2 aliphatic heterocycles. The predicted molar refractivity (Wildman–Crippen MR) is 170 cm³/mol. The van der Waals surface area contributed by atoms with Gasteiger partial charge in [-0.05, 0) is 86.4 Å². The molecule has 3 aliphatic carbocycles. The van der Waals surface area contributed by atoms with E-state index in [1.165, 1.54) is 29.3 Å². The molecule has 7 rings (SSSR count). The quantitative estimate of drug-likeness (QED) is 0.308. The molecule has 3 heterocycles. The molecule has 1 aromatic heterocycles. The Bertz CT molecular complexity index is 1460. The van der Waals surface area contributed by atoms with Gasteiger partial charge >= 0.3 is 11.9 Å². The molecule has 0 unspecified atom stereocenters. The first kappa shape index (κ1) is 32.8. The highest BCUT2D eigenvalue weighted by Crippen LogP contribution is 2.63. The van der Waals surface area contributed by atoms with Gasteiger partial charge in [0.1, 0.15) is 5.82 Å². The van der Waals surface area contributed by atoms with Crippen LogP contribution in [0.5, 0.6) is 0 Å². The van der Waals surface area contributed by atoms with Gasteiger partial charge in [0.15, 0.2) is 12.2 Å². The molecular formula is C33H44N4O8S. The first-order valence-electron chi connectivity index (χ1n) is 16.5. The second-order valence-electron chi connectivity index (χ2n) is 13.9. The molecule has 8 atom stereocenters. The number of carbonyl (C=O) groups is 4. The lowest BCUT2D eigenvalue weighted by Gasteiger charge is -2.40. The normalized spacial score (nSPS) is 32.3. The Balaban J connectivity index is 0.000000324. The fraction of sp³-hybridized carbons (Fsp3) is 0.667. The standard InChI is InChI=1S/C29H38N4O2S.C4H6O6/c1-29-22-11-10-19(16-22)25(29)27(34)33(28(29)35)18-21-7-3-2-6-20(21)17-31-12-14-32(15-13-31)26-23-8-4-5-9-24(23)36-30-26;5-1(3(7)8)2(6)4(9)10/h4-5,8-9,19-22,25H,2-3,6-7,10-18H2,1H3;1-2,5-6H,(H,7,8)(H,9,10)/t19-,20-,21-,22+,25-,29-;1-,2-/m01/s1. The van der Waals surface area contributed by atoms with E-state index in [0.29, 0.717) is 30.2 Å². The van der Waals surface area contributed by atoms with Crippen molar-refractivity contribution < 1.29 is 39.6 Å². The molecule has 250 valence electrons. The van der Waals surface area contributed by atoms with Gasteiger partial charge in [-0.1, -0.05) is 25.0 Å². The summed E-state index contributed by atoms with van der Waals surface area (Å²) in [4.78, 5) is 53.4. The van der Waals surface area contributed by atoms with Crippen molar-refractivity contribution >= 4 is 51.2 Å². The van der Waals surface area contributed by atoms with Gasteiger partial charge in [-0.2, -0.15) is 4.37 Å². The number of hydrogen-bond donors (Lipinski definition) is 4. The fourth-order valence-electron chi connectivity index (χ4n) is 8.95. The summed E-state index contributed by atoms with van der Waals surface area (Å²) in [5.74, 6) is -0.170. The number of aliphatic carboxylic acids is 2. The van der Waals surface area contributed by atoms with Crippen LogP contribution >= 0.6 is 11.5 Å². The lowest BCUT2D eigenvalue weighted by atomic mass is 9.69. The Kier molecular flexibility index (Phi) is 9.39. The minimum Gasteiger partial charge on any atom is -0.479 e. The monoisotopic (exact) mass is 656 g/mol. The third-order valence-corrected chi connectivity index (χ3v) is 12.3. The summed E-state index contributed by atoms with van der Waals surface area (Å²) in [7, 11) is 0. The van der Waals surface area contributed by atoms with Gasteiger partial charge in [0, 0.05) is 44.7 Å². The van der Waals surface area contributed by atoms with Gasteiger partial charge < -0.3 is 25.3 Å². The Morgan fingerprint density at radius 2 is 1.57 bits per heavy atom. The van der Waals surface area contributed by atoms with Crippen LogP contribution in [0.3, 0.4) is 0 Å². The summed E-state index contributed by atoms with van der Waals surface area (Å²) in [6.45, 7) is 8.01. The van der Waals surface area contributed by atoms with E-state index >= 15 is 0 Å². The predicted octanol–water partition coefficient (Wildman–Crippen LogP) is 2.52. The number of carboxylic acids is 2. The van der Waals surface area contributed by atoms with Gasteiger partial charge in [0.2, 0.25) is 11.8 Å². The molecule has 0 spiro atoms. The topological polar surface area (TPSA) is 172 Å². The molecule has 2 bridgehead atoms. The van der Waals surface area contributed by atoms with Crippen LogP contribution in [0, 0.1) is 35.0 Å². The Labute approximate surface area is 272 Å². The Morgan fingerprint density at radius 1 is 0.935 bits per heavy atom. The Morgan fingerprint density at radius 3 is 2.20 bits per heavy atom. The van der Waals surface area contributed by atoms with Crippen LogP contribution in [0.4, 0.5) is 5.82 Å². The number of aromatic nitrogens is 1. The molecule has 3 saturated carbocycles. The zero-order chi connectivity index (χ0) is 32.7. The highest BCUT2D eigenvalue weighted by Gasteiger charge is 2.68. The second-order valence-corrected chi connectivity index (χ2v) is 14.8. The number of rotatable bonds is 8. The van der Waals surface area contributed by atoms with Gasteiger partial charge in [-0.3, -0.25) is 19.4 Å². The number of aliphatic hydroxyl groups is 2. The summed E-state index contributed by atoms with van der Waals surface area (Å²) in [6.07, 6.45) is 3.74. The average Bonchev–Trinajstić information content (AvgIpc) is 3.81. The van der Waals surface area contributed by atoms with E-state index in [2.05, 4.69) is 41.0 Å². The molecule has 0 radical (unpaired) electrons. The van der Waals surface area contributed by atoms with Crippen LogP contribution in [0.1, 0.15) is 51.9 Å². The number of carboxylic acid groups (broad SMARTS) is 2. The SMILES string of the molecule is C[C@@]12C(=O)N(C[C@@H]3CCCC[C@H]3CN3CCN(c4nsc5ccccc45)CC3)C(=O)[C@@H]1[C@H]1CC[C@@H]2C1.O=C(O)[C@H](O)[C@@H](O)C(=O)O. The number of hydrogen-bond acceptors (Lipinski definition) is 10. The lowest BCUT2D eigenvalue weighted by Crippen LogP contribution is -2.50. The molecule has 4 N–H and O–H groups in total. The number of nitrogens with zero attached hydrogens (tertiary/aromatic N) is 4. The summed E-state index contributed by atoms with van der Waals surface area (Å²) < 4.78 is 6.03. The number of benzene rings is 1. The Hall–Kier alpha value is -3.13. The van der Waals surface area contributed by atoms with E-state index in [1.807, 2.05) is 0 Å². The minimum absolute atomic E-state index is 0.0272. The van der Waals surface area contributed by atoms with Crippen LogP contribution in [0.2, 0.25) is 0 Å². The van der Waals surface area contributed by atoms with Gasteiger partial charge in [0.05, 0.1) is 16.0 Å². The molecule has 12 nitrogen and oxygen atoms in total. The van der Waals surface area contributed by atoms with Gasteiger partial charge in [-0.25, -0.2) is 9.59 Å². The highest BCUT2D eigenvalue weighted by atomic mass is 32.1. The van der Waals surface area contributed by atoms with Crippen molar-refractivity contribution in [3.8, 4) is 0 Å². The number of amides is 2. The summed E-state index contributed by atoms with van der Waals surface area (Å²) in [6, 6.07) is 8.54. The van der Waals surface area contributed by atoms with E-state index in [-0.39, 0.29) is 17.7 Å². The number of fused-ring (bicyclic) bond motifs is 6. The average molecular weight is 657 g/mol. The molecule has 13 heteroatoms. The molecule has 46 heavy (non-hydrogen) atoms. The van der Waals surface area contributed by atoms with Crippen LogP contribution < -0.4 is 4.90 Å². The first-order valence-corrected chi connectivity index (χ1v) is 17.3. The summed E-state index contributed by atoms with van der Waals surface area (Å²) in [5.41, 5.74) is -0.402. The van der Waals surface area contributed by atoms with E-state index in [4.69, 9.17) is 24.8 Å². The molecular weight excluding hydrogens is 612 g/mol. The molecule has 5 aliphatic rings. The zero-order valence-electron chi connectivity index (χ0n) is 26.2. The van der Waals surface area contributed by atoms with E-state index < -0.39 is 29.6 Å². The maximum absolute atomic E-state index is 13.6. The van der Waals surface area contributed by atoms with Crippen molar-refractivity contribution in [3.63, 3.8) is 0 Å². The first-order chi connectivity index (χ1) is 22.0. The van der Waals surface area contributed by atoms with Gasteiger partial charge in [0.25, 0.3) is 0 Å². The maximum atomic E-state index is 13.6. The maximum Gasteiger partial charge on any atom is 0.335 e. The molecule has 2 amide bonds. The van der Waals surface area contributed by atoms with Crippen molar-refractivity contribution in [2.75, 3.05) is 44.2 Å².